The maximum Gasteiger partial charge on any atom is 0.363 e. The molecule has 1 aliphatic rings. The van der Waals surface area contributed by atoms with E-state index in [1.54, 1.807) is 12.1 Å². The van der Waals surface area contributed by atoms with Gasteiger partial charge in [-0.3, -0.25) is 10.1 Å². The van der Waals surface area contributed by atoms with E-state index in [0.717, 1.165) is 0 Å². The Hall–Kier alpha value is -3.59. The Labute approximate surface area is 170 Å². The van der Waals surface area contributed by atoms with Gasteiger partial charge >= 0.3 is 5.97 Å². The Morgan fingerprint density at radius 3 is 2.45 bits per heavy atom. The minimum atomic E-state index is -0.737. The van der Waals surface area contributed by atoms with Crippen LogP contribution in [0, 0.1) is 10.1 Å². The summed E-state index contributed by atoms with van der Waals surface area (Å²) in [4.78, 5) is 26.9. The zero-order chi connectivity index (χ0) is 21.1. The Balaban J connectivity index is 2.07. The molecule has 0 aliphatic carbocycles. The summed E-state index contributed by atoms with van der Waals surface area (Å²) >= 11 is 6.09. The van der Waals surface area contributed by atoms with Gasteiger partial charge in [-0.15, -0.1) is 0 Å². The van der Waals surface area contributed by atoms with Crippen LogP contribution in [0.3, 0.4) is 0 Å². The van der Waals surface area contributed by atoms with E-state index in [9.17, 15) is 14.9 Å². The van der Waals surface area contributed by atoms with Crippen LogP contribution in [0.15, 0.2) is 41.0 Å². The number of esters is 1. The second-order valence-electron chi connectivity index (χ2n) is 5.68. The number of nitro benzene ring substituents is 1. The fraction of sp³-hybridized carbons (Fsp3) is 0.158. The summed E-state index contributed by atoms with van der Waals surface area (Å²) in [5.41, 5.74) is 0.388. The molecule has 2 aromatic carbocycles. The molecular formula is C19H15ClN2O7. The maximum absolute atomic E-state index is 12.3. The van der Waals surface area contributed by atoms with E-state index in [-0.39, 0.29) is 27.9 Å². The molecule has 0 fully saturated rings. The molecule has 0 aromatic heterocycles. The van der Waals surface area contributed by atoms with E-state index < -0.39 is 10.9 Å². The number of non-ortho nitro benzene ring substituents is 1. The molecule has 0 bridgehead atoms. The average Bonchev–Trinajstić information content (AvgIpc) is 3.07. The second-order valence-corrected chi connectivity index (χ2v) is 6.09. The molecule has 1 heterocycles. The zero-order valence-electron chi connectivity index (χ0n) is 15.6. The van der Waals surface area contributed by atoms with Crippen molar-refractivity contribution in [2.45, 2.75) is 0 Å². The molecule has 29 heavy (non-hydrogen) atoms. The Morgan fingerprint density at radius 1 is 1.10 bits per heavy atom. The standard InChI is InChI=1S/C19H15ClN2O7/c1-26-15-7-4-10(16(27-2)17(15)28-3)8-14-19(23)29-18(21-14)12-9-11(22(24)25)5-6-13(12)20/h4-9H,1-3H3. The van der Waals surface area contributed by atoms with Gasteiger partial charge in [-0.25, -0.2) is 9.79 Å². The third-order valence-corrected chi connectivity index (χ3v) is 4.37. The number of nitrogens with zero attached hydrogens (tertiary/aromatic N) is 2. The first-order valence-corrected chi connectivity index (χ1v) is 8.53. The molecule has 10 heteroatoms. The largest absolute Gasteiger partial charge is 0.493 e. The van der Waals surface area contributed by atoms with Crippen LogP contribution in [0.25, 0.3) is 6.08 Å². The zero-order valence-corrected chi connectivity index (χ0v) is 16.4. The molecule has 150 valence electrons. The quantitative estimate of drug-likeness (QED) is 0.305. The summed E-state index contributed by atoms with van der Waals surface area (Å²) in [6.45, 7) is 0. The van der Waals surface area contributed by atoms with Gasteiger partial charge in [0.05, 0.1) is 36.8 Å². The lowest BCUT2D eigenvalue weighted by molar-refractivity contribution is -0.384. The van der Waals surface area contributed by atoms with Crippen LogP contribution in [0.5, 0.6) is 17.2 Å². The normalized spacial score (nSPS) is 14.4. The third kappa shape index (κ3) is 3.85. The highest BCUT2D eigenvalue weighted by Crippen LogP contribution is 2.41. The third-order valence-electron chi connectivity index (χ3n) is 4.04. The van der Waals surface area contributed by atoms with Gasteiger partial charge in [0.25, 0.3) is 5.69 Å². The lowest BCUT2D eigenvalue weighted by Crippen LogP contribution is -2.06. The minimum Gasteiger partial charge on any atom is -0.493 e. The highest BCUT2D eigenvalue weighted by molar-refractivity contribution is 6.34. The molecule has 3 rings (SSSR count). The number of carbonyl (C=O) groups is 1. The van der Waals surface area contributed by atoms with Crippen molar-refractivity contribution in [3.8, 4) is 17.2 Å². The number of halogens is 1. The SMILES string of the molecule is COc1ccc(C=C2N=C(c3cc([N+](=O)[O-])ccc3Cl)OC2=O)c(OC)c1OC. The van der Waals surface area contributed by atoms with Gasteiger partial charge in [0.2, 0.25) is 11.6 Å². The monoisotopic (exact) mass is 418 g/mol. The van der Waals surface area contributed by atoms with E-state index in [1.165, 1.54) is 45.6 Å². The first-order valence-electron chi connectivity index (χ1n) is 8.15. The number of benzene rings is 2. The lowest BCUT2D eigenvalue weighted by atomic mass is 10.1. The maximum atomic E-state index is 12.3. The number of methoxy groups -OCH3 is 3. The van der Waals surface area contributed by atoms with Crippen molar-refractivity contribution in [1.82, 2.24) is 0 Å². The molecular weight excluding hydrogens is 404 g/mol. The van der Waals surface area contributed by atoms with E-state index in [2.05, 4.69) is 4.99 Å². The van der Waals surface area contributed by atoms with E-state index in [4.69, 9.17) is 30.5 Å². The van der Waals surface area contributed by atoms with Crippen LogP contribution in [-0.4, -0.2) is 38.1 Å². The van der Waals surface area contributed by atoms with Crippen LogP contribution in [0.2, 0.25) is 5.02 Å². The van der Waals surface area contributed by atoms with Gasteiger partial charge in [-0.2, -0.15) is 0 Å². The number of hydrogen-bond acceptors (Lipinski definition) is 8. The van der Waals surface area contributed by atoms with Crippen molar-refractivity contribution < 1.29 is 28.7 Å². The van der Waals surface area contributed by atoms with Crippen molar-refractivity contribution in [2.24, 2.45) is 4.99 Å². The summed E-state index contributed by atoms with van der Waals surface area (Å²) in [5.74, 6) is 0.271. The first kappa shape index (κ1) is 20.2. The Morgan fingerprint density at radius 2 is 1.83 bits per heavy atom. The van der Waals surface area contributed by atoms with Crippen LogP contribution < -0.4 is 14.2 Å². The van der Waals surface area contributed by atoms with Gasteiger partial charge < -0.3 is 18.9 Å². The average molecular weight is 419 g/mol. The summed E-state index contributed by atoms with van der Waals surface area (Å²) in [5, 5.41) is 11.2. The summed E-state index contributed by atoms with van der Waals surface area (Å²) in [6, 6.07) is 7.08. The number of ether oxygens (including phenoxy) is 4. The van der Waals surface area contributed by atoms with E-state index >= 15 is 0 Å². The number of hydrogen-bond donors (Lipinski definition) is 0. The molecule has 0 unspecified atom stereocenters. The van der Waals surface area contributed by atoms with Gasteiger partial charge in [-0.1, -0.05) is 11.6 Å². The summed E-state index contributed by atoms with van der Waals surface area (Å²) < 4.78 is 21.1. The fourth-order valence-electron chi connectivity index (χ4n) is 2.70. The number of carbonyl (C=O) groups excluding carboxylic acids is 1. The van der Waals surface area contributed by atoms with Crippen molar-refractivity contribution in [3.63, 3.8) is 0 Å². The predicted molar refractivity (Wildman–Crippen MR) is 105 cm³/mol. The molecule has 0 amide bonds. The number of aliphatic imine (C=N–C) groups is 1. The number of rotatable bonds is 6. The topological polar surface area (TPSA) is 109 Å². The van der Waals surface area contributed by atoms with Crippen molar-refractivity contribution in [1.29, 1.82) is 0 Å². The van der Waals surface area contributed by atoms with Crippen molar-refractivity contribution in [3.05, 3.63) is 62.3 Å². The van der Waals surface area contributed by atoms with Crippen LogP contribution in [0.1, 0.15) is 11.1 Å². The van der Waals surface area contributed by atoms with Gasteiger partial charge in [0.15, 0.2) is 17.2 Å². The molecule has 0 spiro atoms. The second kappa shape index (κ2) is 8.19. The first-order chi connectivity index (χ1) is 13.9. The molecule has 0 N–H and O–H groups in total. The molecule has 1 aliphatic heterocycles. The highest BCUT2D eigenvalue weighted by Gasteiger charge is 2.28. The fourth-order valence-corrected chi connectivity index (χ4v) is 2.90. The summed E-state index contributed by atoms with van der Waals surface area (Å²) in [7, 11) is 4.40. The van der Waals surface area contributed by atoms with Crippen molar-refractivity contribution >= 4 is 35.2 Å². The molecule has 9 nitrogen and oxygen atoms in total. The van der Waals surface area contributed by atoms with Crippen LogP contribution in [-0.2, 0) is 9.53 Å². The number of cyclic esters (lactones) is 1. The predicted octanol–water partition coefficient (Wildman–Crippen LogP) is 3.62. The Kier molecular flexibility index (Phi) is 5.69. The van der Waals surface area contributed by atoms with Crippen molar-refractivity contribution in [2.75, 3.05) is 21.3 Å². The van der Waals surface area contributed by atoms with E-state index in [0.29, 0.717) is 22.8 Å². The smallest absolute Gasteiger partial charge is 0.363 e. The molecule has 0 atom stereocenters. The van der Waals surface area contributed by atoms with Crippen LogP contribution in [0.4, 0.5) is 5.69 Å². The highest BCUT2D eigenvalue weighted by atomic mass is 35.5. The van der Waals surface area contributed by atoms with Gasteiger partial charge in [0, 0.05) is 17.7 Å². The number of nitro groups is 1. The molecule has 0 saturated heterocycles. The van der Waals surface area contributed by atoms with Gasteiger partial charge in [-0.05, 0) is 24.3 Å². The summed E-state index contributed by atoms with van der Waals surface area (Å²) in [6.07, 6.45) is 1.45. The van der Waals surface area contributed by atoms with E-state index in [1.807, 2.05) is 0 Å². The Bertz CT molecular complexity index is 1060. The molecule has 0 radical (unpaired) electrons. The van der Waals surface area contributed by atoms with Gasteiger partial charge in [0.1, 0.15) is 0 Å². The molecule has 2 aromatic rings. The minimum absolute atomic E-state index is 0.0342. The van der Waals surface area contributed by atoms with Crippen LogP contribution >= 0.6 is 11.6 Å². The molecule has 0 saturated carbocycles. The lowest BCUT2D eigenvalue weighted by Gasteiger charge is -2.14.